The second-order valence-corrected chi connectivity index (χ2v) is 17.0. The highest BCUT2D eigenvalue weighted by Crippen LogP contribution is 2.34. The SMILES string of the molecule is [2H]c1c([2H])c([2H])c([Si](c2c([2H])c([2H])c([2H])c([2H])c2[2H])(c2c([2H])c([2H])c([2H])c(C)c2[2H])c2c([2H])c([2H])c([2H])c(-c3nc(-n4c5ccccc5c5ccccc54)nc(-n4c5ccccc5c5ccccc54)n3)c2[2H])c([2H])c1[2H]. The van der Waals surface area contributed by atoms with Crippen LogP contribution in [-0.2, 0) is 0 Å². The molecule has 0 N–H and O–H groups in total. The van der Waals surface area contributed by atoms with Crippen molar-refractivity contribution < 1.29 is 24.7 Å². The lowest BCUT2D eigenvalue weighted by molar-refractivity contribution is 0.893. The number of hydrogen-bond donors (Lipinski definition) is 0. The Morgan fingerprint density at radius 2 is 0.810 bits per heavy atom. The predicted octanol–water partition coefficient (Wildman–Crippen LogP) is 9.42. The van der Waals surface area contributed by atoms with E-state index < -0.39 is 149 Å². The van der Waals surface area contributed by atoms with Gasteiger partial charge in [0.1, 0.15) is 0 Å². The molecule has 0 saturated heterocycles. The van der Waals surface area contributed by atoms with Crippen LogP contribution >= 0.6 is 0 Å². The molecular formula is C52H37N5Si. The summed E-state index contributed by atoms with van der Waals surface area (Å²) < 4.78 is 172. The van der Waals surface area contributed by atoms with Crippen LogP contribution in [0.1, 0.15) is 30.2 Å². The van der Waals surface area contributed by atoms with Crippen molar-refractivity contribution in [3.8, 4) is 23.3 Å². The minimum atomic E-state index is -6.05. The van der Waals surface area contributed by atoms with Gasteiger partial charge in [-0.2, -0.15) is 15.0 Å². The second kappa shape index (κ2) is 13.7. The molecule has 58 heavy (non-hydrogen) atoms. The van der Waals surface area contributed by atoms with Gasteiger partial charge in [-0.25, -0.2) is 0 Å². The Morgan fingerprint density at radius 3 is 1.28 bits per heavy atom. The third kappa shape index (κ3) is 5.26. The fourth-order valence-electron chi connectivity index (χ4n) is 7.83. The molecule has 0 aliphatic rings. The molecule has 3 aromatic heterocycles. The van der Waals surface area contributed by atoms with Crippen molar-refractivity contribution in [3.63, 3.8) is 0 Å². The maximum atomic E-state index is 10.5. The Hall–Kier alpha value is -7.41. The summed E-state index contributed by atoms with van der Waals surface area (Å²) in [7, 11) is -6.05. The van der Waals surface area contributed by atoms with Gasteiger partial charge in [0.05, 0.1) is 46.7 Å². The van der Waals surface area contributed by atoms with Crippen molar-refractivity contribution in [1.82, 2.24) is 24.1 Å². The lowest BCUT2D eigenvalue weighted by Gasteiger charge is -2.34. The summed E-state index contributed by atoms with van der Waals surface area (Å²) >= 11 is 0. The molecule has 0 atom stereocenters. The highest BCUT2D eigenvalue weighted by atomic mass is 28.3. The number of para-hydroxylation sites is 4. The van der Waals surface area contributed by atoms with Gasteiger partial charge in [0.2, 0.25) is 11.9 Å². The van der Waals surface area contributed by atoms with Crippen LogP contribution in [0.15, 0.2) is 206 Å². The minimum Gasteiger partial charge on any atom is -0.278 e. The fourth-order valence-corrected chi connectivity index (χ4v) is 11.5. The minimum absolute atomic E-state index is 0.0526. The van der Waals surface area contributed by atoms with Crippen molar-refractivity contribution in [2.45, 2.75) is 6.92 Å². The quantitative estimate of drug-likeness (QED) is 0.120. The third-order valence-corrected chi connectivity index (χ3v) is 14.3. The Labute approximate surface area is 362 Å². The van der Waals surface area contributed by atoms with Crippen molar-refractivity contribution in [2.75, 3.05) is 0 Å². The summed E-state index contributed by atoms with van der Waals surface area (Å²) in [5, 5.41) is -0.156. The highest BCUT2D eigenvalue weighted by Gasteiger charge is 2.41. The number of benzene rings is 8. The topological polar surface area (TPSA) is 48.5 Å². The largest absolute Gasteiger partial charge is 0.278 e. The van der Waals surface area contributed by atoms with E-state index in [2.05, 4.69) is 0 Å². The first-order valence-corrected chi connectivity index (χ1v) is 20.2. The standard InChI is InChI=1S/C52H37N5Si/c1-36-18-16-24-40(34-36)58(38-20-4-2-5-21-38,39-22-6-3-7-23-39)41-25-17-19-37(35-41)50-53-51(56-46-30-12-8-26-42(46)43-27-9-13-31-47(43)56)55-52(54-50)57-48-32-14-10-28-44(48)45-29-11-15-33-49(45)57/h2-35H,1H3/i2D,3D,4D,5D,6D,7D,16D,17D,18D,19D,20D,21D,22D,23D,24D,25D,34D,35D. The molecule has 0 radical (unpaired) electrons. The first-order chi connectivity index (χ1) is 36.2. The van der Waals surface area contributed by atoms with Gasteiger partial charge in [0.25, 0.3) is 0 Å². The van der Waals surface area contributed by atoms with E-state index >= 15 is 0 Å². The van der Waals surface area contributed by atoms with Crippen LogP contribution in [0.25, 0.3) is 66.9 Å². The monoisotopic (exact) mass is 777 g/mol. The molecule has 3 heterocycles. The molecule has 11 aromatic rings. The van der Waals surface area contributed by atoms with Gasteiger partial charge in [-0.3, -0.25) is 9.13 Å². The summed E-state index contributed by atoms with van der Waals surface area (Å²) in [5.74, 6) is -0.568. The molecule has 5 nitrogen and oxygen atoms in total. The van der Waals surface area contributed by atoms with Gasteiger partial charge < -0.3 is 0 Å². The molecule has 0 unspecified atom stereocenters. The first kappa shape index (κ1) is 20.1. The lowest BCUT2D eigenvalue weighted by Crippen LogP contribution is -2.74. The Bertz CT molecular complexity index is 3890. The molecule has 274 valence electrons. The Morgan fingerprint density at radius 1 is 0.414 bits per heavy atom. The zero-order valence-electron chi connectivity index (χ0n) is 48.5. The maximum Gasteiger partial charge on any atom is 0.240 e. The van der Waals surface area contributed by atoms with Gasteiger partial charge in [-0.1, -0.05) is 187 Å². The molecule has 0 aliphatic heterocycles. The van der Waals surface area contributed by atoms with Gasteiger partial charge in [-0.05, 0) is 51.9 Å². The molecule has 0 bridgehead atoms. The normalized spacial score (nSPS) is 16.2. The van der Waals surface area contributed by atoms with E-state index in [9.17, 15) is 13.7 Å². The van der Waals surface area contributed by atoms with Gasteiger partial charge in [0.15, 0.2) is 13.9 Å². The average Bonchev–Trinajstić information content (AvgIpc) is 4.07. The summed E-state index contributed by atoms with van der Waals surface area (Å²) in [6.45, 7) is 1.24. The molecule has 11 rings (SSSR count). The van der Waals surface area contributed by atoms with Gasteiger partial charge in [-0.15, -0.1) is 0 Å². The van der Waals surface area contributed by atoms with E-state index in [1.54, 1.807) is 9.13 Å². The number of hydrogen-bond acceptors (Lipinski definition) is 3. The third-order valence-electron chi connectivity index (χ3n) is 10.3. The molecule has 0 fully saturated rings. The van der Waals surface area contributed by atoms with Crippen LogP contribution < -0.4 is 20.7 Å². The highest BCUT2D eigenvalue weighted by molar-refractivity contribution is 7.19. The van der Waals surface area contributed by atoms with Crippen LogP contribution in [0.5, 0.6) is 0 Å². The number of nitrogens with zero attached hydrogens (tertiary/aromatic N) is 5. The predicted molar refractivity (Wildman–Crippen MR) is 242 cm³/mol. The lowest BCUT2D eigenvalue weighted by atomic mass is 10.2. The Kier molecular flexibility index (Phi) is 4.74. The van der Waals surface area contributed by atoms with E-state index in [-0.39, 0.29) is 17.5 Å². The number of rotatable bonds is 7. The first-order valence-electron chi connectivity index (χ1n) is 27.2. The van der Waals surface area contributed by atoms with Crippen LogP contribution in [0.3, 0.4) is 0 Å². The smallest absolute Gasteiger partial charge is 0.240 e. The van der Waals surface area contributed by atoms with Crippen LogP contribution in [0.2, 0.25) is 0 Å². The van der Waals surface area contributed by atoms with Crippen LogP contribution in [0.4, 0.5) is 0 Å². The fraction of sp³-hybridized carbons (Fsp3) is 0.0192. The van der Waals surface area contributed by atoms with Gasteiger partial charge in [0, 0.05) is 27.1 Å². The van der Waals surface area contributed by atoms with Gasteiger partial charge >= 0.3 is 0 Å². The number of aromatic nitrogens is 5. The van der Waals surface area contributed by atoms with Crippen molar-refractivity contribution in [1.29, 1.82) is 0 Å². The molecule has 0 saturated carbocycles. The molecule has 0 aliphatic carbocycles. The summed E-state index contributed by atoms with van der Waals surface area (Å²) in [5.41, 5.74) is 1.61. The average molecular weight is 778 g/mol. The van der Waals surface area contributed by atoms with E-state index in [1.807, 2.05) is 97.1 Å². The number of fused-ring (bicyclic) bond motifs is 6. The Balaban J connectivity index is 1.40. The molecule has 0 spiro atoms. The zero-order chi connectivity index (χ0) is 54.3. The van der Waals surface area contributed by atoms with Crippen LogP contribution in [-0.4, -0.2) is 32.2 Å². The van der Waals surface area contributed by atoms with Crippen molar-refractivity contribution in [2.24, 2.45) is 0 Å². The summed E-state index contributed by atoms with van der Waals surface area (Å²) in [4.78, 5) is 15.1. The van der Waals surface area contributed by atoms with E-state index in [0.717, 1.165) is 21.5 Å². The maximum absolute atomic E-state index is 10.5. The van der Waals surface area contributed by atoms with E-state index in [1.165, 1.54) is 6.92 Å². The molecular weight excluding hydrogens is 723 g/mol. The molecule has 0 amide bonds. The molecule has 8 aromatic carbocycles. The van der Waals surface area contributed by atoms with Crippen molar-refractivity contribution >= 4 is 72.4 Å². The van der Waals surface area contributed by atoms with Crippen molar-refractivity contribution in [3.05, 3.63) is 211 Å². The van der Waals surface area contributed by atoms with Crippen LogP contribution in [0, 0.1) is 6.92 Å². The van der Waals surface area contributed by atoms with E-state index in [4.69, 9.17) is 25.9 Å². The second-order valence-electron chi connectivity index (χ2n) is 13.5. The van der Waals surface area contributed by atoms with E-state index in [0.29, 0.717) is 22.1 Å². The zero-order valence-corrected chi connectivity index (χ0v) is 31.5. The summed E-state index contributed by atoms with van der Waals surface area (Å²) in [6.07, 6.45) is 0. The molecule has 6 heteroatoms. The summed E-state index contributed by atoms with van der Waals surface area (Å²) in [6, 6.07) is 12.6.